The van der Waals surface area contributed by atoms with Gasteiger partial charge in [-0.15, -0.1) is 10.2 Å². The molecule has 0 spiro atoms. The molecule has 9 heteroatoms. The van der Waals surface area contributed by atoms with Gasteiger partial charge in [-0.25, -0.2) is 5.43 Å². The molecule has 2 aromatic carbocycles. The molecule has 0 radical (unpaired) electrons. The number of nitrogens with zero attached hydrogens (tertiary/aromatic N) is 3. The minimum atomic E-state index is -0.201. The number of amides is 1. The zero-order valence-corrected chi connectivity index (χ0v) is 18.2. The number of carbonyl (C=O) groups excluding carboxylic acids is 1. The molecule has 0 aliphatic heterocycles. The lowest BCUT2D eigenvalue weighted by Crippen LogP contribution is -2.21. The van der Waals surface area contributed by atoms with E-state index in [1.165, 1.54) is 28.7 Å². The first-order valence-electron chi connectivity index (χ1n) is 8.92. The van der Waals surface area contributed by atoms with Gasteiger partial charge in [0.05, 0.1) is 11.5 Å². The zero-order valence-electron chi connectivity index (χ0n) is 15.7. The summed E-state index contributed by atoms with van der Waals surface area (Å²) in [5, 5.41) is 21.9. The number of rotatable bonds is 9. The molecule has 1 heterocycles. The summed E-state index contributed by atoms with van der Waals surface area (Å²) >= 11 is 4.47. The molecule has 3 rings (SSSR count). The summed E-state index contributed by atoms with van der Waals surface area (Å²) in [5.41, 5.74) is 5.44. The fourth-order valence-corrected chi connectivity index (χ4v) is 5.09. The summed E-state index contributed by atoms with van der Waals surface area (Å²) in [7, 11) is 0. The van der Waals surface area contributed by atoms with Crippen molar-refractivity contribution in [1.82, 2.24) is 15.6 Å². The van der Waals surface area contributed by atoms with Gasteiger partial charge in [-0.3, -0.25) is 4.79 Å². The van der Waals surface area contributed by atoms with Gasteiger partial charge in [0.25, 0.3) is 5.91 Å². The fourth-order valence-electron chi connectivity index (χ4n) is 2.32. The number of aromatic hydroxyl groups is 1. The van der Waals surface area contributed by atoms with Crippen LogP contribution in [0.5, 0.6) is 5.75 Å². The van der Waals surface area contributed by atoms with E-state index >= 15 is 0 Å². The minimum Gasteiger partial charge on any atom is -0.508 e. The van der Waals surface area contributed by atoms with Gasteiger partial charge in [0.2, 0.25) is 0 Å². The standard InChI is InChI=1S/C20H20N4O2S3/c1-2-17(15-8-10-16(25)11-9-15)21-22-18(26)13-28-20-24-23-19(29-20)27-12-14-6-4-3-5-7-14/h3-11,25H,2,12-13H2,1H3,(H,22,26)/b21-17+. The van der Waals surface area contributed by atoms with E-state index in [1.54, 1.807) is 36.0 Å². The maximum Gasteiger partial charge on any atom is 0.250 e. The average Bonchev–Trinajstić information content (AvgIpc) is 3.21. The molecule has 150 valence electrons. The summed E-state index contributed by atoms with van der Waals surface area (Å²) < 4.78 is 1.64. The highest BCUT2D eigenvalue weighted by Gasteiger charge is 2.09. The van der Waals surface area contributed by atoms with Crippen molar-refractivity contribution < 1.29 is 9.90 Å². The molecule has 0 atom stereocenters. The molecule has 0 fully saturated rings. The Labute approximate surface area is 181 Å². The quantitative estimate of drug-likeness (QED) is 0.286. The number of phenols is 1. The predicted octanol–water partition coefficient (Wildman–Crippen LogP) is 4.56. The lowest BCUT2D eigenvalue weighted by Gasteiger charge is -2.05. The smallest absolute Gasteiger partial charge is 0.250 e. The van der Waals surface area contributed by atoms with Crippen LogP contribution < -0.4 is 5.43 Å². The molecule has 29 heavy (non-hydrogen) atoms. The Morgan fingerprint density at radius 2 is 1.76 bits per heavy atom. The highest BCUT2D eigenvalue weighted by atomic mass is 32.2. The van der Waals surface area contributed by atoms with Crippen LogP contribution in [0.1, 0.15) is 24.5 Å². The van der Waals surface area contributed by atoms with Crippen LogP contribution in [0.25, 0.3) is 0 Å². The van der Waals surface area contributed by atoms with Gasteiger partial charge in [-0.05, 0) is 41.8 Å². The second-order valence-electron chi connectivity index (χ2n) is 5.89. The van der Waals surface area contributed by atoms with Gasteiger partial charge in [0.1, 0.15) is 5.75 Å². The Kier molecular flexibility index (Phi) is 8.09. The lowest BCUT2D eigenvalue weighted by molar-refractivity contribution is -0.118. The van der Waals surface area contributed by atoms with Gasteiger partial charge in [-0.2, -0.15) is 5.10 Å². The lowest BCUT2D eigenvalue weighted by atomic mass is 10.1. The molecule has 1 amide bonds. The second-order valence-corrected chi connectivity index (χ2v) is 9.31. The van der Waals surface area contributed by atoms with Crippen LogP contribution in [-0.4, -0.2) is 32.7 Å². The predicted molar refractivity (Wildman–Crippen MR) is 120 cm³/mol. The van der Waals surface area contributed by atoms with Crippen LogP contribution in [0.4, 0.5) is 0 Å². The number of phenolic OH excluding ortho intramolecular Hbond substituents is 1. The van der Waals surface area contributed by atoms with Crippen LogP contribution in [0.15, 0.2) is 68.4 Å². The summed E-state index contributed by atoms with van der Waals surface area (Å²) in [6.07, 6.45) is 0.663. The largest absolute Gasteiger partial charge is 0.508 e. The Bertz CT molecular complexity index is 959. The number of hydrazone groups is 1. The maximum absolute atomic E-state index is 12.1. The van der Waals surface area contributed by atoms with E-state index in [1.807, 2.05) is 25.1 Å². The average molecular weight is 445 g/mol. The van der Waals surface area contributed by atoms with E-state index in [-0.39, 0.29) is 17.4 Å². The first-order valence-corrected chi connectivity index (χ1v) is 11.7. The molecular weight excluding hydrogens is 424 g/mol. The molecule has 2 N–H and O–H groups in total. The van der Waals surface area contributed by atoms with Crippen LogP contribution in [0.3, 0.4) is 0 Å². The number of nitrogens with one attached hydrogen (secondary N) is 1. The van der Waals surface area contributed by atoms with Crippen LogP contribution in [0, 0.1) is 0 Å². The van der Waals surface area contributed by atoms with Crippen molar-refractivity contribution in [2.75, 3.05) is 5.75 Å². The number of hydrogen-bond acceptors (Lipinski definition) is 8. The van der Waals surface area contributed by atoms with Gasteiger partial charge in [0.15, 0.2) is 8.68 Å². The van der Waals surface area contributed by atoms with Crippen molar-refractivity contribution >= 4 is 46.5 Å². The maximum atomic E-state index is 12.1. The number of carbonyl (C=O) groups is 1. The van der Waals surface area contributed by atoms with Gasteiger partial charge >= 0.3 is 0 Å². The summed E-state index contributed by atoms with van der Waals surface area (Å²) in [6.45, 7) is 1.96. The summed E-state index contributed by atoms with van der Waals surface area (Å²) in [5.74, 6) is 1.05. The Morgan fingerprint density at radius 3 is 2.45 bits per heavy atom. The van der Waals surface area contributed by atoms with Crippen molar-refractivity contribution in [2.45, 2.75) is 27.8 Å². The minimum absolute atomic E-state index is 0.197. The topological polar surface area (TPSA) is 87.5 Å². The normalized spacial score (nSPS) is 11.4. The van der Waals surface area contributed by atoms with E-state index in [9.17, 15) is 9.90 Å². The van der Waals surface area contributed by atoms with E-state index in [2.05, 4.69) is 32.9 Å². The number of thioether (sulfide) groups is 2. The van der Waals surface area contributed by atoms with Crippen LogP contribution in [-0.2, 0) is 10.5 Å². The Balaban J connectivity index is 1.46. The summed E-state index contributed by atoms with van der Waals surface area (Å²) in [6, 6.07) is 16.9. The first kappa shape index (κ1) is 21.4. The Morgan fingerprint density at radius 1 is 1.07 bits per heavy atom. The van der Waals surface area contributed by atoms with Crippen molar-refractivity contribution in [3.63, 3.8) is 0 Å². The molecule has 0 unspecified atom stereocenters. The summed E-state index contributed by atoms with van der Waals surface area (Å²) in [4.78, 5) is 12.1. The highest BCUT2D eigenvalue weighted by molar-refractivity contribution is 8.03. The molecule has 6 nitrogen and oxygen atoms in total. The van der Waals surface area contributed by atoms with Crippen molar-refractivity contribution in [1.29, 1.82) is 0 Å². The molecule has 0 aliphatic rings. The molecule has 0 aliphatic carbocycles. The second kappa shape index (κ2) is 11.0. The SMILES string of the molecule is CC/C(=N\NC(=O)CSc1nnc(SCc2ccccc2)s1)c1ccc(O)cc1. The third kappa shape index (κ3) is 6.88. The molecule has 0 saturated heterocycles. The van der Waals surface area contributed by atoms with Gasteiger partial charge in [0, 0.05) is 5.75 Å². The van der Waals surface area contributed by atoms with Crippen LogP contribution >= 0.6 is 34.9 Å². The molecule has 0 saturated carbocycles. The molecular formula is C20H20N4O2S3. The highest BCUT2D eigenvalue weighted by Crippen LogP contribution is 2.30. The van der Waals surface area contributed by atoms with Crippen LogP contribution in [0.2, 0.25) is 0 Å². The van der Waals surface area contributed by atoms with Crippen molar-refractivity contribution in [3.05, 3.63) is 65.7 Å². The molecule has 1 aromatic heterocycles. The molecule has 0 bridgehead atoms. The van der Waals surface area contributed by atoms with Gasteiger partial charge in [-0.1, -0.05) is 72.1 Å². The number of hydrogen-bond donors (Lipinski definition) is 2. The third-order valence-corrected chi connectivity index (χ3v) is 7.03. The number of aromatic nitrogens is 2. The molecule has 3 aromatic rings. The van der Waals surface area contributed by atoms with E-state index in [0.717, 1.165) is 25.7 Å². The van der Waals surface area contributed by atoms with Crippen molar-refractivity contribution in [2.24, 2.45) is 5.10 Å². The zero-order chi connectivity index (χ0) is 20.5. The monoisotopic (exact) mass is 444 g/mol. The number of benzene rings is 2. The Hall–Kier alpha value is -2.36. The van der Waals surface area contributed by atoms with Gasteiger partial charge < -0.3 is 5.11 Å². The van der Waals surface area contributed by atoms with E-state index in [0.29, 0.717) is 6.42 Å². The van der Waals surface area contributed by atoms with Crippen molar-refractivity contribution in [3.8, 4) is 5.75 Å². The first-order chi connectivity index (χ1) is 14.1. The fraction of sp³-hybridized carbons (Fsp3) is 0.200. The van der Waals surface area contributed by atoms with E-state index < -0.39 is 0 Å². The van der Waals surface area contributed by atoms with E-state index in [4.69, 9.17) is 0 Å². The third-order valence-electron chi connectivity index (χ3n) is 3.77.